The molecule has 0 bridgehead atoms. The molecule has 0 aliphatic carbocycles. The van der Waals surface area contributed by atoms with Gasteiger partial charge in [0.1, 0.15) is 0 Å². The fourth-order valence-electron chi connectivity index (χ4n) is 3.22. The second-order valence-corrected chi connectivity index (χ2v) is 10.1. The van der Waals surface area contributed by atoms with E-state index in [4.69, 9.17) is 13.3 Å². The van der Waals surface area contributed by atoms with Crippen LogP contribution in [-0.4, -0.2) is 120 Å². The lowest BCUT2D eigenvalue weighted by atomic mass is 10.3. The molecule has 5 N–H and O–H groups in total. The van der Waals surface area contributed by atoms with Crippen LogP contribution in [0.4, 0.5) is 0 Å². The molecular formula is C18H44N6O3Si. The van der Waals surface area contributed by atoms with Crippen molar-refractivity contribution in [1.82, 2.24) is 31.5 Å². The van der Waals surface area contributed by atoms with Crippen LogP contribution in [0.25, 0.3) is 0 Å². The lowest BCUT2D eigenvalue weighted by Gasteiger charge is -2.27. The molecule has 0 atom stereocenters. The van der Waals surface area contributed by atoms with Crippen molar-refractivity contribution < 1.29 is 13.3 Å². The Kier molecular flexibility index (Phi) is 16.4. The summed E-state index contributed by atoms with van der Waals surface area (Å²) in [6.07, 6.45) is 1.01. The van der Waals surface area contributed by atoms with Gasteiger partial charge in [-0.1, -0.05) is 0 Å². The molecule has 28 heavy (non-hydrogen) atoms. The number of nitrogens with one attached hydrogen (secondary N) is 5. The van der Waals surface area contributed by atoms with Crippen LogP contribution >= 0.6 is 0 Å². The molecule has 10 heteroatoms. The van der Waals surface area contributed by atoms with E-state index < -0.39 is 8.80 Å². The summed E-state index contributed by atoms with van der Waals surface area (Å²) in [7, 11) is 2.58. The van der Waals surface area contributed by atoms with Crippen LogP contribution in [0.15, 0.2) is 0 Å². The minimum Gasteiger partial charge on any atom is -0.377 e. The highest BCUT2D eigenvalue weighted by atomic mass is 28.4. The summed E-state index contributed by atoms with van der Waals surface area (Å²) >= 11 is 0. The van der Waals surface area contributed by atoms with E-state index >= 15 is 0 Å². The molecule has 0 radical (unpaired) electrons. The zero-order valence-electron chi connectivity index (χ0n) is 18.3. The minimum atomic E-state index is -2.47. The Bertz CT molecular complexity index is 327. The van der Waals surface area contributed by atoms with E-state index in [-0.39, 0.29) is 0 Å². The molecule has 1 heterocycles. The number of hydrogen-bond donors (Lipinski definition) is 5. The van der Waals surface area contributed by atoms with Crippen LogP contribution in [-0.2, 0) is 13.3 Å². The Morgan fingerprint density at radius 3 is 1.32 bits per heavy atom. The number of rotatable bonds is 7. The molecule has 0 saturated carbocycles. The van der Waals surface area contributed by atoms with Crippen molar-refractivity contribution in [3.63, 3.8) is 0 Å². The normalized spacial score (nSPS) is 21.1. The van der Waals surface area contributed by atoms with Crippen molar-refractivity contribution in [1.29, 1.82) is 0 Å². The van der Waals surface area contributed by atoms with E-state index in [0.717, 1.165) is 97.5 Å². The zero-order valence-corrected chi connectivity index (χ0v) is 19.3. The average molecular weight is 421 g/mol. The van der Waals surface area contributed by atoms with E-state index in [1.54, 1.807) is 21.3 Å². The Balaban J connectivity index is 2.36. The second kappa shape index (κ2) is 17.7. The SMILES string of the molecule is CO[Si](CCCN1CCNCCNCCNCCNCCNCC1)(OC)OC. The third kappa shape index (κ3) is 12.4. The largest absolute Gasteiger partial charge is 0.500 e. The molecule has 9 nitrogen and oxygen atoms in total. The first-order valence-corrected chi connectivity index (χ1v) is 12.6. The van der Waals surface area contributed by atoms with Crippen molar-refractivity contribution in [3.05, 3.63) is 0 Å². The highest BCUT2D eigenvalue weighted by molar-refractivity contribution is 6.60. The van der Waals surface area contributed by atoms with E-state index in [0.29, 0.717) is 0 Å². The van der Waals surface area contributed by atoms with Gasteiger partial charge in [-0.2, -0.15) is 0 Å². The third-order valence-electron chi connectivity index (χ3n) is 5.01. The van der Waals surface area contributed by atoms with E-state index in [9.17, 15) is 0 Å². The van der Waals surface area contributed by atoms with Crippen LogP contribution in [0.5, 0.6) is 0 Å². The quantitative estimate of drug-likeness (QED) is 0.316. The first kappa shape index (κ1) is 25.9. The van der Waals surface area contributed by atoms with Crippen LogP contribution in [0.1, 0.15) is 6.42 Å². The summed E-state index contributed by atoms with van der Waals surface area (Å²) in [5, 5.41) is 17.4. The highest BCUT2D eigenvalue weighted by Crippen LogP contribution is 2.15. The topological polar surface area (TPSA) is 91.1 Å². The molecule has 0 unspecified atom stereocenters. The van der Waals surface area contributed by atoms with Gasteiger partial charge >= 0.3 is 8.80 Å². The van der Waals surface area contributed by atoms with Crippen LogP contribution in [0, 0.1) is 0 Å². The predicted molar refractivity (Wildman–Crippen MR) is 117 cm³/mol. The van der Waals surface area contributed by atoms with Gasteiger partial charge in [-0.25, -0.2) is 0 Å². The summed E-state index contributed by atoms with van der Waals surface area (Å²) in [5.41, 5.74) is 0. The molecule has 0 aromatic rings. The summed E-state index contributed by atoms with van der Waals surface area (Å²) in [5.74, 6) is 0. The smallest absolute Gasteiger partial charge is 0.377 e. The average Bonchev–Trinajstić information content (AvgIpc) is 2.72. The molecule has 1 aliphatic rings. The standard InChI is InChI=1S/C18H44N6O3Si/c1-25-28(26-2,27-3)18-4-15-24-16-13-22-11-9-20-7-5-19-6-8-21-10-12-23-14-17-24/h19-23H,4-18H2,1-3H3. The Labute approximate surface area is 173 Å². The molecule has 0 spiro atoms. The lowest BCUT2D eigenvalue weighted by molar-refractivity contribution is 0.121. The first-order valence-electron chi connectivity index (χ1n) is 10.7. The molecule has 1 fully saturated rings. The van der Waals surface area contributed by atoms with Gasteiger partial charge in [0.15, 0.2) is 0 Å². The molecule has 1 saturated heterocycles. The van der Waals surface area contributed by atoms with Crippen molar-refractivity contribution in [2.75, 3.05) is 106 Å². The van der Waals surface area contributed by atoms with E-state index in [1.165, 1.54) is 0 Å². The van der Waals surface area contributed by atoms with Gasteiger partial charge in [-0.05, 0) is 13.0 Å². The van der Waals surface area contributed by atoms with Gasteiger partial charge in [0.05, 0.1) is 0 Å². The highest BCUT2D eigenvalue weighted by Gasteiger charge is 2.36. The summed E-state index contributed by atoms with van der Waals surface area (Å²) in [6, 6.07) is 0.843. The van der Waals surface area contributed by atoms with Crippen molar-refractivity contribution in [2.45, 2.75) is 12.5 Å². The van der Waals surface area contributed by atoms with Crippen molar-refractivity contribution in [2.24, 2.45) is 0 Å². The molecule has 1 rings (SSSR count). The van der Waals surface area contributed by atoms with Crippen molar-refractivity contribution in [3.8, 4) is 0 Å². The zero-order chi connectivity index (χ0) is 20.3. The Morgan fingerprint density at radius 1 is 0.607 bits per heavy atom. The Morgan fingerprint density at radius 2 is 0.964 bits per heavy atom. The summed E-state index contributed by atoms with van der Waals surface area (Å²) in [6.45, 7) is 13.2. The maximum absolute atomic E-state index is 5.54. The molecule has 1 aliphatic heterocycles. The fourth-order valence-corrected chi connectivity index (χ4v) is 4.92. The van der Waals surface area contributed by atoms with Gasteiger partial charge < -0.3 is 44.8 Å². The van der Waals surface area contributed by atoms with Crippen LogP contribution in [0.2, 0.25) is 6.04 Å². The number of nitrogens with zero attached hydrogens (tertiary/aromatic N) is 1. The van der Waals surface area contributed by atoms with Gasteiger partial charge in [-0.3, -0.25) is 0 Å². The fraction of sp³-hybridized carbons (Fsp3) is 1.00. The third-order valence-corrected chi connectivity index (χ3v) is 7.85. The second-order valence-electron chi connectivity index (χ2n) is 6.99. The van der Waals surface area contributed by atoms with Crippen molar-refractivity contribution >= 4 is 8.80 Å². The predicted octanol–water partition coefficient (Wildman–Crippen LogP) is -1.48. The van der Waals surface area contributed by atoms with Gasteiger partial charge in [0, 0.05) is 106 Å². The Hall–Kier alpha value is -0.143. The van der Waals surface area contributed by atoms with Gasteiger partial charge in [-0.15, -0.1) is 0 Å². The summed E-state index contributed by atoms with van der Waals surface area (Å²) in [4.78, 5) is 2.51. The first-order chi connectivity index (χ1) is 13.8. The maximum atomic E-state index is 5.54. The van der Waals surface area contributed by atoms with E-state index in [2.05, 4.69) is 31.5 Å². The lowest BCUT2D eigenvalue weighted by Crippen LogP contribution is -2.44. The van der Waals surface area contributed by atoms with Crippen LogP contribution in [0.3, 0.4) is 0 Å². The molecule has 0 amide bonds. The minimum absolute atomic E-state index is 0.843. The van der Waals surface area contributed by atoms with Gasteiger partial charge in [0.25, 0.3) is 0 Å². The van der Waals surface area contributed by atoms with Crippen LogP contribution < -0.4 is 26.6 Å². The van der Waals surface area contributed by atoms with E-state index in [1.807, 2.05) is 0 Å². The molecule has 168 valence electrons. The molecule has 0 aromatic heterocycles. The van der Waals surface area contributed by atoms with Gasteiger partial charge in [0.2, 0.25) is 0 Å². The molecule has 0 aromatic carbocycles. The summed E-state index contributed by atoms with van der Waals surface area (Å²) < 4.78 is 16.6. The molecular weight excluding hydrogens is 376 g/mol. The monoisotopic (exact) mass is 420 g/mol. The maximum Gasteiger partial charge on any atom is 0.500 e. The number of hydrogen-bond acceptors (Lipinski definition) is 9.